The molecular weight excluding hydrogens is 228 g/mol. The monoisotopic (exact) mass is 248 g/mol. The summed E-state index contributed by atoms with van der Waals surface area (Å²) in [5.41, 5.74) is 8.50. The normalized spacial score (nSPS) is 25.0. The molecule has 2 atom stereocenters. The predicted molar refractivity (Wildman–Crippen MR) is 69.7 cm³/mol. The highest BCUT2D eigenvalue weighted by molar-refractivity contribution is 5.50. The number of nitrogens with two attached hydrogens (primary N) is 1. The molecule has 5 nitrogen and oxygen atoms in total. The highest BCUT2D eigenvalue weighted by Gasteiger charge is 2.27. The number of morpholine rings is 1. The highest BCUT2D eigenvalue weighted by atomic mass is 16.5. The van der Waals surface area contributed by atoms with E-state index in [2.05, 4.69) is 14.9 Å². The predicted octanol–water partition coefficient (Wildman–Crippen LogP) is 0.518. The molecule has 1 aromatic rings. The molecule has 2 unspecified atom stereocenters. The minimum absolute atomic E-state index is 0.0580. The summed E-state index contributed by atoms with van der Waals surface area (Å²) in [4.78, 5) is 11.2. The standard InChI is InChI=1S/C13H20N4O/c1-9(14)12-7-17(5-6-18-12)13-10-3-2-4-11(10)15-8-16-13/h8-9,12H,2-7,14H2,1H3. The number of hydrogen-bond donors (Lipinski definition) is 1. The van der Waals surface area contributed by atoms with Crippen LogP contribution >= 0.6 is 0 Å². The Morgan fingerprint density at radius 1 is 1.44 bits per heavy atom. The van der Waals surface area contributed by atoms with Gasteiger partial charge in [-0.2, -0.15) is 0 Å². The number of aromatic nitrogens is 2. The van der Waals surface area contributed by atoms with Gasteiger partial charge in [0.2, 0.25) is 0 Å². The third-order valence-electron chi connectivity index (χ3n) is 3.83. The first kappa shape index (κ1) is 11.9. The van der Waals surface area contributed by atoms with Gasteiger partial charge in [0.25, 0.3) is 0 Å². The molecule has 3 rings (SSSR count). The second-order valence-electron chi connectivity index (χ2n) is 5.19. The smallest absolute Gasteiger partial charge is 0.135 e. The largest absolute Gasteiger partial charge is 0.373 e. The molecule has 1 aliphatic carbocycles. The Morgan fingerprint density at radius 2 is 2.33 bits per heavy atom. The molecule has 0 aromatic carbocycles. The number of fused-ring (bicyclic) bond motifs is 1. The van der Waals surface area contributed by atoms with Crippen LogP contribution < -0.4 is 10.6 Å². The van der Waals surface area contributed by atoms with Crippen molar-refractivity contribution in [3.05, 3.63) is 17.6 Å². The fourth-order valence-electron chi connectivity index (χ4n) is 2.80. The molecule has 1 aliphatic heterocycles. The van der Waals surface area contributed by atoms with E-state index in [1.807, 2.05) is 6.92 Å². The molecule has 5 heteroatoms. The maximum Gasteiger partial charge on any atom is 0.135 e. The number of ether oxygens (including phenoxy) is 1. The molecule has 0 bridgehead atoms. The van der Waals surface area contributed by atoms with E-state index in [0.717, 1.165) is 38.4 Å². The van der Waals surface area contributed by atoms with E-state index < -0.39 is 0 Å². The number of hydrogen-bond acceptors (Lipinski definition) is 5. The maximum atomic E-state index is 5.94. The zero-order valence-corrected chi connectivity index (χ0v) is 10.8. The van der Waals surface area contributed by atoms with Crippen molar-refractivity contribution in [2.24, 2.45) is 5.73 Å². The summed E-state index contributed by atoms with van der Waals surface area (Å²) in [6.07, 6.45) is 5.18. The van der Waals surface area contributed by atoms with Crippen LogP contribution in [-0.4, -0.2) is 41.8 Å². The number of aryl methyl sites for hydroxylation is 1. The first-order valence-corrected chi connectivity index (χ1v) is 6.70. The molecule has 0 radical (unpaired) electrons. The molecule has 98 valence electrons. The van der Waals surface area contributed by atoms with Gasteiger partial charge in [-0.15, -0.1) is 0 Å². The van der Waals surface area contributed by atoms with E-state index in [1.54, 1.807) is 6.33 Å². The zero-order chi connectivity index (χ0) is 12.5. The van der Waals surface area contributed by atoms with Crippen molar-refractivity contribution in [2.45, 2.75) is 38.3 Å². The summed E-state index contributed by atoms with van der Waals surface area (Å²) in [5.74, 6) is 1.10. The van der Waals surface area contributed by atoms with Crippen LogP contribution in [0.5, 0.6) is 0 Å². The SMILES string of the molecule is CC(N)C1CN(c2ncnc3c2CCC3)CCO1. The minimum atomic E-state index is 0.0580. The Balaban J connectivity index is 1.84. The number of anilines is 1. The Kier molecular flexibility index (Phi) is 3.18. The molecule has 2 heterocycles. The van der Waals surface area contributed by atoms with Crippen LogP contribution in [0.15, 0.2) is 6.33 Å². The van der Waals surface area contributed by atoms with Gasteiger partial charge in [-0.25, -0.2) is 9.97 Å². The number of nitrogens with zero attached hydrogens (tertiary/aromatic N) is 3. The van der Waals surface area contributed by atoms with Crippen molar-refractivity contribution < 1.29 is 4.74 Å². The molecular formula is C13H20N4O. The van der Waals surface area contributed by atoms with E-state index in [-0.39, 0.29) is 12.1 Å². The van der Waals surface area contributed by atoms with E-state index >= 15 is 0 Å². The van der Waals surface area contributed by atoms with Gasteiger partial charge in [-0.05, 0) is 26.2 Å². The lowest BCUT2D eigenvalue weighted by atomic mass is 10.1. The van der Waals surface area contributed by atoms with Crippen molar-refractivity contribution in [3.8, 4) is 0 Å². The molecule has 1 saturated heterocycles. The first-order valence-electron chi connectivity index (χ1n) is 6.70. The van der Waals surface area contributed by atoms with Crippen LogP contribution in [0.25, 0.3) is 0 Å². The Labute approximate surface area is 107 Å². The van der Waals surface area contributed by atoms with Gasteiger partial charge in [0.15, 0.2) is 0 Å². The lowest BCUT2D eigenvalue weighted by Gasteiger charge is -2.36. The zero-order valence-electron chi connectivity index (χ0n) is 10.8. The van der Waals surface area contributed by atoms with Crippen LogP contribution in [-0.2, 0) is 17.6 Å². The van der Waals surface area contributed by atoms with E-state index in [1.165, 1.54) is 17.7 Å². The molecule has 0 saturated carbocycles. The fourth-order valence-corrected chi connectivity index (χ4v) is 2.80. The van der Waals surface area contributed by atoms with E-state index in [0.29, 0.717) is 0 Å². The van der Waals surface area contributed by atoms with Gasteiger partial charge in [0.1, 0.15) is 12.1 Å². The summed E-state index contributed by atoms with van der Waals surface area (Å²) in [5, 5.41) is 0. The quantitative estimate of drug-likeness (QED) is 0.826. The van der Waals surface area contributed by atoms with Crippen molar-refractivity contribution in [1.29, 1.82) is 0 Å². The molecule has 0 spiro atoms. The van der Waals surface area contributed by atoms with E-state index in [4.69, 9.17) is 10.5 Å². The second kappa shape index (κ2) is 4.82. The Bertz CT molecular complexity index is 435. The van der Waals surface area contributed by atoms with Gasteiger partial charge < -0.3 is 15.4 Å². The average molecular weight is 248 g/mol. The summed E-state index contributed by atoms with van der Waals surface area (Å²) in [6.45, 7) is 4.46. The molecule has 0 amide bonds. The second-order valence-corrected chi connectivity index (χ2v) is 5.19. The maximum absolute atomic E-state index is 5.94. The van der Waals surface area contributed by atoms with Crippen LogP contribution in [0.1, 0.15) is 24.6 Å². The van der Waals surface area contributed by atoms with Gasteiger partial charge in [0, 0.05) is 30.4 Å². The van der Waals surface area contributed by atoms with Crippen molar-refractivity contribution >= 4 is 5.82 Å². The van der Waals surface area contributed by atoms with Crippen LogP contribution in [0.3, 0.4) is 0 Å². The lowest BCUT2D eigenvalue weighted by Crippen LogP contribution is -2.50. The van der Waals surface area contributed by atoms with Gasteiger partial charge in [-0.1, -0.05) is 0 Å². The molecule has 2 aliphatic rings. The van der Waals surface area contributed by atoms with Crippen LogP contribution in [0, 0.1) is 0 Å². The van der Waals surface area contributed by atoms with Crippen molar-refractivity contribution in [2.75, 3.05) is 24.6 Å². The van der Waals surface area contributed by atoms with Crippen LogP contribution in [0.4, 0.5) is 5.82 Å². The van der Waals surface area contributed by atoms with Gasteiger partial charge in [0.05, 0.1) is 12.7 Å². The molecule has 2 N–H and O–H groups in total. The molecule has 18 heavy (non-hydrogen) atoms. The van der Waals surface area contributed by atoms with Gasteiger partial charge >= 0.3 is 0 Å². The highest BCUT2D eigenvalue weighted by Crippen LogP contribution is 2.28. The topological polar surface area (TPSA) is 64.3 Å². The first-order chi connectivity index (χ1) is 8.75. The minimum Gasteiger partial charge on any atom is -0.373 e. The van der Waals surface area contributed by atoms with Crippen molar-refractivity contribution in [1.82, 2.24) is 9.97 Å². The van der Waals surface area contributed by atoms with Gasteiger partial charge in [-0.3, -0.25) is 0 Å². The summed E-state index contributed by atoms with van der Waals surface area (Å²) in [6, 6.07) is 0.0580. The molecule has 1 aromatic heterocycles. The summed E-state index contributed by atoms with van der Waals surface area (Å²) < 4.78 is 5.70. The van der Waals surface area contributed by atoms with Crippen LogP contribution in [0.2, 0.25) is 0 Å². The summed E-state index contributed by atoms with van der Waals surface area (Å²) >= 11 is 0. The Morgan fingerprint density at radius 3 is 3.17 bits per heavy atom. The van der Waals surface area contributed by atoms with Crippen molar-refractivity contribution in [3.63, 3.8) is 0 Å². The van der Waals surface area contributed by atoms with E-state index in [9.17, 15) is 0 Å². The average Bonchev–Trinajstić information content (AvgIpc) is 2.87. The third kappa shape index (κ3) is 2.08. The summed E-state index contributed by atoms with van der Waals surface area (Å²) in [7, 11) is 0. The lowest BCUT2D eigenvalue weighted by molar-refractivity contribution is 0.0273. The fraction of sp³-hybridized carbons (Fsp3) is 0.692. The third-order valence-corrected chi connectivity index (χ3v) is 3.83. The number of rotatable bonds is 2. The molecule has 1 fully saturated rings. The Hall–Kier alpha value is -1.20.